The lowest BCUT2D eigenvalue weighted by molar-refractivity contribution is 0.226. The van der Waals surface area contributed by atoms with Crippen molar-refractivity contribution in [2.24, 2.45) is 0 Å². The predicted molar refractivity (Wildman–Crippen MR) is 72.1 cm³/mol. The van der Waals surface area contributed by atoms with Crippen LogP contribution in [-0.2, 0) is 0 Å². The molecule has 3 heterocycles. The highest BCUT2D eigenvalue weighted by Crippen LogP contribution is 2.45. The van der Waals surface area contributed by atoms with Gasteiger partial charge in [-0.25, -0.2) is 15.0 Å². The van der Waals surface area contributed by atoms with E-state index >= 15 is 0 Å². The van der Waals surface area contributed by atoms with Crippen LogP contribution in [0, 0.1) is 0 Å². The van der Waals surface area contributed by atoms with Gasteiger partial charge in [0.15, 0.2) is 0 Å². The summed E-state index contributed by atoms with van der Waals surface area (Å²) in [6, 6.07) is 0. The molecule has 17 heavy (non-hydrogen) atoms. The molecule has 1 aromatic heterocycles. The predicted octanol–water partition coefficient (Wildman–Crippen LogP) is 0.855. The van der Waals surface area contributed by atoms with Crippen LogP contribution in [0.4, 0.5) is 5.69 Å². The molecule has 1 saturated heterocycles. The molecule has 92 valence electrons. The van der Waals surface area contributed by atoms with Gasteiger partial charge in [0.25, 0.3) is 0 Å². The lowest BCUT2D eigenvalue weighted by atomic mass is 10.4. The first-order chi connectivity index (χ1) is 8.40. The highest BCUT2D eigenvalue weighted by Gasteiger charge is 2.35. The van der Waals surface area contributed by atoms with Crippen molar-refractivity contribution in [3.8, 4) is 0 Å². The molecular weight excluding hydrogens is 254 g/mol. The summed E-state index contributed by atoms with van der Waals surface area (Å²) in [5.74, 6) is 0. The minimum atomic E-state index is 0.389. The van der Waals surface area contributed by atoms with E-state index in [1.807, 2.05) is 29.7 Å². The van der Waals surface area contributed by atoms with Gasteiger partial charge in [-0.3, -0.25) is 5.01 Å². The molecule has 0 saturated carbocycles. The maximum absolute atomic E-state index is 4.36. The number of anilines is 1. The average Bonchev–Trinajstić information content (AvgIpc) is 2.78. The molecule has 0 bridgehead atoms. The lowest BCUT2D eigenvalue weighted by Crippen LogP contribution is -2.53. The Balaban J connectivity index is 1.89. The maximum Gasteiger partial charge on any atom is 0.143 e. The van der Waals surface area contributed by atoms with Crippen molar-refractivity contribution in [2.75, 3.05) is 37.4 Å². The fraction of sp³-hybridized carbons (Fsp3) is 0.600. The second-order valence-electron chi connectivity index (χ2n) is 3.92. The second-order valence-corrected chi connectivity index (χ2v) is 6.21. The summed E-state index contributed by atoms with van der Waals surface area (Å²) in [5, 5.41) is 9.23. The SMILES string of the molecule is CSC1Sc2ncncc2N1N1CCNCC1. The first-order valence-electron chi connectivity index (χ1n) is 5.64. The number of piperazine rings is 1. The molecule has 0 radical (unpaired) electrons. The van der Waals surface area contributed by atoms with Crippen molar-refractivity contribution in [2.45, 2.75) is 9.73 Å². The molecule has 0 spiro atoms. The Bertz CT molecular complexity index is 396. The van der Waals surface area contributed by atoms with Crippen LogP contribution in [0.25, 0.3) is 0 Å². The first-order valence-corrected chi connectivity index (χ1v) is 7.81. The van der Waals surface area contributed by atoms with Gasteiger partial charge in [-0.15, -0.1) is 11.8 Å². The highest BCUT2D eigenvalue weighted by molar-refractivity contribution is 8.17. The minimum absolute atomic E-state index is 0.389. The van der Waals surface area contributed by atoms with Gasteiger partial charge in [0.1, 0.15) is 21.7 Å². The fourth-order valence-electron chi connectivity index (χ4n) is 2.12. The van der Waals surface area contributed by atoms with Gasteiger partial charge in [-0.1, -0.05) is 11.8 Å². The largest absolute Gasteiger partial charge is 0.314 e. The van der Waals surface area contributed by atoms with E-state index in [2.05, 4.69) is 31.6 Å². The molecule has 1 fully saturated rings. The van der Waals surface area contributed by atoms with E-state index in [1.54, 1.807) is 6.33 Å². The van der Waals surface area contributed by atoms with Crippen molar-refractivity contribution < 1.29 is 0 Å². The first kappa shape index (κ1) is 11.6. The third-order valence-corrected chi connectivity index (χ3v) is 5.32. The van der Waals surface area contributed by atoms with E-state index in [0.717, 1.165) is 36.9 Å². The van der Waals surface area contributed by atoms with Gasteiger partial charge in [0.2, 0.25) is 0 Å². The molecule has 0 aliphatic carbocycles. The summed E-state index contributed by atoms with van der Waals surface area (Å²) in [4.78, 5) is 8.51. The van der Waals surface area contributed by atoms with Crippen LogP contribution in [-0.4, -0.2) is 52.1 Å². The number of nitrogens with zero attached hydrogens (tertiary/aromatic N) is 4. The van der Waals surface area contributed by atoms with Gasteiger partial charge in [0.05, 0.1) is 6.20 Å². The Morgan fingerprint density at radius 1 is 1.47 bits per heavy atom. The zero-order valence-electron chi connectivity index (χ0n) is 9.67. The van der Waals surface area contributed by atoms with Crippen LogP contribution in [0.2, 0.25) is 0 Å². The summed E-state index contributed by atoms with van der Waals surface area (Å²) in [6.45, 7) is 4.19. The highest BCUT2D eigenvalue weighted by atomic mass is 32.2. The zero-order valence-corrected chi connectivity index (χ0v) is 11.3. The molecule has 1 atom stereocenters. The number of thioether (sulfide) groups is 2. The zero-order chi connectivity index (χ0) is 11.7. The Kier molecular flexibility index (Phi) is 3.41. The van der Waals surface area contributed by atoms with Crippen molar-refractivity contribution in [3.63, 3.8) is 0 Å². The van der Waals surface area contributed by atoms with Crippen molar-refractivity contribution in [1.82, 2.24) is 20.3 Å². The van der Waals surface area contributed by atoms with E-state index in [9.17, 15) is 0 Å². The Labute approximate surface area is 109 Å². The molecule has 0 amide bonds. The van der Waals surface area contributed by atoms with Gasteiger partial charge in [-0.2, -0.15) is 0 Å². The molecule has 1 aromatic rings. The fourth-order valence-corrected chi connectivity index (χ4v) is 4.14. The quantitative estimate of drug-likeness (QED) is 0.799. The normalized spacial score (nSPS) is 25.0. The number of nitrogens with one attached hydrogen (secondary N) is 1. The maximum atomic E-state index is 4.36. The standard InChI is InChI=1S/C10H15N5S2/c1-16-10-15(14-4-2-11-3-5-14)8-6-12-7-13-9(8)17-10/h6-7,10-11H,2-5H2,1H3. The van der Waals surface area contributed by atoms with Gasteiger partial charge in [-0.05, 0) is 6.26 Å². The molecule has 5 nitrogen and oxygen atoms in total. The molecule has 1 unspecified atom stereocenters. The van der Waals surface area contributed by atoms with Crippen molar-refractivity contribution in [1.29, 1.82) is 0 Å². The summed E-state index contributed by atoms with van der Waals surface area (Å²) in [5.41, 5.74) is 1.15. The van der Waals surface area contributed by atoms with E-state index in [-0.39, 0.29) is 0 Å². The van der Waals surface area contributed by atoms with E-state index in [1.165, 1.54) is 0 Å². The Morgan fingerprint density at radius 2 is 2.29 bits per heavy atom. The topological polar surface area (TPSA) is 44.3 Å². The number of fused-ring (bicyclic) bond motifs is 1. The van der Waals surface area contributed by atoms with Gasteiger partial charge < -0.3 is 5.32 Å². The van der Waals surface area contributed by atoms with Crippen LogP contribution >= 0.6 is 23.5 Å². The van der Waals surface area contributed by atoms with Gasteiger partial charge in [0, 0.05) is 26.2 Å². The summed E-state index contributed by atoms with van der Waals surface area (Å²) < 4.78 is 0.389. The monoisotopic (exact) mass is 269 g/mol. The van der Waals surface area contributed by atoms with Crippen LogP contribution in [0.15, 0.2) is 17.6 Å². The van der Waals surface area contributed by atoms with E-state index in [4.69, 9.17) is 0 Å². The van der Waals surface area contributed by atoms with E-state index in [0.29, 0.717) is 4.71 Å². The minimum Gasteiger partial charge on any atom is -0.314 e. The molecule has 7 heteroatoms. The Hall–Kier alpha value is -0.500. The van der Waals surface area contributed by atoms with Crippen LogP contribution < -0.4 is 10.3 Å². The second kappa shape index (κ2) is 5.01. The molecule has 0 aromatic carbocycles. The smallest absolute Gasteiger partial charge is 0.143 e. The number of aromatic nitrogens is 2. The van der Waals surface area contributed by atoms with Gasteiger partial charge >= 0.3 is 0 Å². The molecule has 2 aliphatic heterocycles. The van der Waals surface area contributed by atoms with Crippen molar-refractivity contribution >= 4 is 29.2 Å². The summed E-state index contributed by atoms with van der Waals surface area (Å²) in [6.07, 6.45) is 5.70. The summed E-state index contributed by atoms with van der Waals surface area (Å²) in [7, 11) is 0. The molecule has 1 N–H and O–H groups in total. The van der Waals surface area contributed by atoms with Crippen LogP contribution in [0.3, 0.4) is 0 Å². The molecule has 2 aliphatic rings. The number of rotatable bonds is 2. The van der Waals surface area contributed by atoms with Crippen LogP contribution in [0.5, 0.6) is 0 Å². The summed E-state index contributed by atoms with van der Waals surface area (Å²) >= 11 is 3.66. The van der Waals surface area contributed by atoms with Crippen molar-refractivity contribution in [3.05, 3.63) is 12.5 Å². The number of hydrogen-bond acceptors (Lipinski definition) is 7. The third-order valence-electron chi connectivity index (χ3n) is 2.92. The van der Waals surface area contributed by atoms with E-state index < -0.39 is 0 Å². The third kappa shape index (κ3) is 2.12. The number of hydrogen-bond donors (Lipinski definition) is 1. The number of hydrazine groups is 1. The lowest BCUT2D eigenvalue weighted by Gasteiger charge is -2.38. The molecular formula is C10H15N5S2. The van der Waals surface area contributed by atoms with Crippen LogP contribution in [0.1, 0.15) is 0 Å². The Morgan fingerprint density at radius 3 is 3.06 bits per heavy atom. The average molecular weight is 269 g/mol. The molecule has 3 rings (SSSR count).